The van der Waals surface area contributed by atoms with E-state index in [9.17, 15) is 9.13 Å². The number of hydrogen-bond donors (Lipinski definition) is 0. The Hall–Kier alpha value is -5.42. The first-order valence-corrected chi connectivity index (χ1v) is 20.5. The van der Waals surface area contributed by atoms with Crippen molar-refractivity contribution in [3.8, 4) is 45.6 Å². The quantitative estimate of drug-likeness (QED) is 0.107. The summed E-state index contributed by atoms with van der Waals surface area (Å²) >= 11 is 0. The van der Waals surface area contributed by atoms with Gasteiger partial charge in [-0.2, -0.15) is 9.13 Å². The Morgan fingerprint density at radius 1 is 0.315 bits per heavy atom. The van der Waals surface area contributed by atoms with Gasteiger partial charge in [-0.05, 0) is 137 Å². The van der Waals surface area contributed by atoms with E-state index >= 15 is 0 Å². The lowest BCUT2D eigenvalue weighted by Gasteiger charge is -2.22. The van der Waals surface area contributed by atoms with Crippen molar-refractivity contribution in [3.63, 3.8) is 0 Å². The van der Waals surface area contributed by atoms with Gasteiger partial charge in [-0.3, -0.25) is 0 Å². The fraction of sp³-hybridized carbons (Fsp3) is 0.182. The van der Waals surface area contributed by atoms with Gasteiger partial charge in [0.1, 0.15) is 34.5 Å². The van der Waals surface area contributed by atoms with Crippen LogP contribution >= 0.6 is 15.6 Å². The Kier molecular flexibility index (Phi) is 11.3. The maximum atomic E-state index is 14.3. The summed E-state index contributed by atoms with van der Waals surface area (Å²) in [5, 5.41) is 0. The standard InChI is InChI=1S/C44H44O8P2/c1-29-9-21-41(33(5)25-29)49-53(45,50-42-22-10-30(2)26-34(42)6)47-39-17-13-37(14-18-39)38-15-19-40(20-16-38)48-54(46,51-43-23-11-31(3)27-35(43)7)52-44-24-12-32(4)28-36(44)8/h9-28H,1-8H3. The average molecular weight is 763 g/mol. The van der Waals surface area contributed by atoms with E-state index in [-0.39, 0.29) is 0 Å². The minimum atomic E-state index is -4.21. The van der Waals surface area contributed by atoms with Crippen LogP contribution in [0, 0.1) is 55.4 Å². The highest BCUT2D eigenvalue weighted by Crippen LogP contribution is 2.53. The molecule has 0 saturated heterocycles. The molecule has 0 unspecified atom stereocenters. The topological polar surface area (TPSA) is 89.5 Å². The summed E-state index contributed by atoms with van der Waals surface area (Å²) in [6.45, 7) is 15.4. The van der Waals surface area contributed by atoms with E-state index in [4.69, 9.17) is 27.1 Å². The summed E-state index contributed by atoms with van der Waals surface area (Å²) in [6.07, 6.45) is 0. The first kappa shape index (κ1) is 38.3. The molecule has 0 atom stereocenters. The summed E-state index contributed by atoms with van der Waals surface area (Å²) < 4.78 is 64.6. The monoisotopic (exact) mass is 762 g/mol. The smallest absolute Gasteiger partial charge is 0.386 e. The van der Waals surface area contributed by atoms with Crippen LogP contribution in [-0.2, 0) is 9.13 Å². The number of rotatable bonds is 13. The molecule has 0 amide bonds. The third-order valence-corrected chi connectivity index (χ3v) is 11.2. The highest BCUT2D eigenvalue weighted by molar-refractivity contribution is 7.50. The van der Waals surface area contributed by atoms with Crippen LogP contribution in [0.4, 0.5) is 0 Å². The molecule has 0 aliphatic heterocycles. The minimum Gasteiger partial charge on any atom is -0.386 e. The third-order valence-electron chi connectivity index (χ3n) is 8.64. The molecule has 0 spiro atoms. The van der Waals surface area contributed by atoms with Gasteiger partial charge in [0.15, 0.2) is 0 Å². The van der Waals surface area contributed by atoms with Crippen molar-refractivity contribution in [2.75, 3.05) is 0 Å². The van der Waals surface area contributed by atoms with E-state index in [1.807, 2.05) is 128 Å². The van der Waals surface area contributed by atoms with Gasteiger partial charge >= 0.3 is 15.6 Å². The summed E-state index contributed by atoms with van der Waals surface area (Å²) in [6, 6.07) is 36.4. The first-order valence-electron chi connectivity index (χ1n) is 17.5. The molecular weight excluding hydrogens is 718 g/mol. The van der Waals surface area contributed by atoms with Crippen LogP contribution in [0.15, 0.2) is 121 Å². The molecule has 0 radical (unpaired) electrons. The molecule has 0 N–H and O–H groups in total. The van der Waals surface area contributed by atoms with Gasteiger partial charge in [0.05, 0.1) is 0 Å². The van der Waals surface area contributed by atoms with Gasteiger partial charge in [0, 0.05) is 0 Å². The number of benzene rings is 6. The molecule has 0 aromatic heterocycles. The van der Waals surface area contributed by atoms with Gasteiger partial charge in [-0.1, -0.05) is 95.1 Å². The van der Waals surface area contributed by atoms with Crippen LogP contribution in [0.25, 0.3) is 11.1 Å². The van der Waals surface area contributed by atoms with Crippen molar-refractivity contribution in [3.05, 3.63) is 166 Å². The van der Waals surface area contributed by atoms with Gasteiger partial charge < -0.3 is 27.1 Å². The lowest BCUT2D eigenvalue weighted by molar-refractivity contribution is 0.295. The molecule has 8 nitrogen and oxygen atoms in total. The van der Waals surface area contributed by atoms with Gasteiger partial charge in [-0.15, -0.1) is 0 Å². The number of hydrogen-bond acceptors (Lipinski definition) is 8. The van der Waals surface area contributed by atoms with Crippen molar-refractivity contribution < 1.29 is 36.3 Å². The van der Waals surface area contributed by atoms with E-state index in [1.54, 1.807) is 48.5 Å². The molecule has 0 aliphatic carbocycles. The second-order valence-electron chi connectivity index (χ2n) is 13.6. The van der Waals surface area contributed by atoms with Crippen molar-refractivity contribution in [2.24, 2.45) is 0 Å². The Morgan fingerprint density at radius 3 is 0.778 bits per heavy atom. The highest BCUT2D eigenvalue weighted by atomic mass is 31.2. The number of phosphoric acid groups is 2. The minimum absolute atomic E-state index is 0.296. The molecule has 6 aromatic rings. The van der Waals surface area contributed by atoms with E-state index in [1.165, 1.54) is 0 Å². The highest BCUT2D eigenvalue weighted by Gasteiger charge is 2.35. The van der Waals surface area contributed by atoms with Crippen LogP contribution in [0.2, 0.25) is 0 Å². The van der Waals surface area contributed by atoms with Crippen LogP contribution in [0.1, 0.15) is 44.5 Å². The second-order valence-corrected chi connectivity index (χ2v) is 16.5. The molecule has 0 fully saturated rings. The average Bonchev–Trinajstić information content (AvgIpc) is 3.11. The van der Waals surface area contributed by atoms with E-state index in [0.717, 1.165) is 55.6 Å². The lowest BCUT2D eigenvalue weighted by atomic mass is 10.1. The van der Waals surface area contributed by atoms with Crippen LogP contribution in [-0.4, -0.2) is 0 Å². The number of aryl methyl sites for hydroxylation is 8. The number of phosphoric ester groups is 2. The predicted octanol–water partition coefficient (Wildman–Crippen LogP) is 13.1. The Balaban J connectivity index is 1.22. The molecule has 0 aliphatic rings. The maximum Gasteiger partial charge on any atom is 0.647 e. The maximum absolute atomic E-state index is 14.3. The Labute approximate surface area is 317 Å². The van der Waals surface area contributed by atoms with E-state index < -0.39 is 15.6 Å². The zero-order valence-electron chi connectivity index (χ0n) is 31.7. The van der Waals surface area contributed by atoms with E-state index in [2.05, 4.69) is 0 Å². The zero-order chi connectivity index (χ0) is 38.6. The lowest BCUT2D eigenvalue weighted by Crippen LogP contribution is -2.09. The predicted molar refractivity (Wildman–Crippen MR) is 215 cm³/mol. The molecule has 0 bridgehead atoms. The molecule has 6 rings (SSSR count). The molecular formula is C44H44O8P2. The van der Waals surface area contributed by atoms with Crippen LogP contribution < -0.4 is 27.1 Å². The van der Waals surface area contributed by atoms with Crippen molar-refractivity contribution in [2.45, 2.75) is 55.4 Å². The summed E-state index contributed by atoms with van der Waals surface area (Å²) in [5.74, 6) is 2.19. The Bertz CT molecular complexity index is 2100. The SMILES string of the molecule is Cc1ccc(OP(=O)(Oc2ccc(-c3ccc(OP(=O)(Oc4ccc(C)cc4C)Oc4ccc(C)cc4C)cc3)cc2)Oc2ccc(C)cc2C)c(C)c1. The molecule has 54 heavy (non-hydrogen) atoms. The van der Waals surface area contributed by atoms with Crippen LogP contribution in [0.3, 0.4) is 0 Å². The Morgan fingerprint density at radius 2 is 0.556 bits per heavy atom. The van der Waals surface area contributed by atoms with Crippen LogP contribution in [0.5, 0.6) is 34.5 Å². The van der Waals surface area contributed by atoms with Crippen molar-refractivity contribution in [1.29, 1.82) is 0 Å². The van der Waals surface area contributed by atoms with E-state index in [0.29, 0.717) is 34.5 Å². The van der Waals surface area contributed by atoms with Crippen molar-refractivity contribution in [1.82, 2.24) is 0 Å². The fourth-order valence-electron chi connectivity index (χ4n) is 5.88. The first-order chi connectivity index (χ1) is 25.7. The second kappa shape index (κ2) is 15.9. The molecule has 0 saturated carbocycles. The molecule has 0 heterocycles. The largest absolute Gasteiger partial charge is 0.647 e. The summed E-state index contributed by atoms with van der Waals surface area (Å²) in [7, 11) is -8.42. The summed E-state index contributed by atoms with van der Waals surface area (Å²) in [4.78, 5) is 0. The third kappa shape index (κ3) is 9.57. The fourth-order valence-corrected chi connectivity index (χ4v) is 8.64. The van der Waals surface area contributed by atoms with Gasteiger partial charge in [0.2, 0.25) is 0 Å². The van der Waals surface area contributed by atoms with Crippen molar-refractivity contribution >= 4 is 15.6 Å². The van der Waals surface area contributed by atoms with Gasteiger partial charge in [0.25, 0.3) is 0 Å². The molecule has 10 heteroatoms. The molecule has 278 valence electrons. The van der Waals surface area contributed by atoms with Gasteiger partial charge in [-0.25, -0.2) is 0 Å². The normalized spacial score (nSPS) is 11.5. The zero-order valence-corrected chi connectivity index (χ0v) is 33.5. The summed E-state index contributed by atoms with van der Waals surface area (Å²) in [5.41, 5.74) is 9.08. The molecule has 6 aromatic carbocycles.